The van der Waals surface area contributed by atoms with Gasteiger partial charge in [-0.25, -0.2) is 4.79 Å². The fourth-order valence-corrected chi connectivity index (χ4v) is 4.41. The molecule has 0 atom stereocenters. The molecule has 0 unspecified atom stereocenters. The Bertz CT molecular complexity index is 903. The molecule has 142 valence electrons. The first-order valence-electron chi connectivity index (χ1n) is 8.51. The number of amides is 2. The summed E-state index contributed by atoms with van der Waals surface area (Å²) in [6.45, 7) is 3.09. The molecule has 2 aromatic rings. The van der Waals surface area contributed by atoms with E-state index in [0.717, 1.165) is 24.2 Å². The van der Waals surface area contributed by atoms with Gasteiger partial charge in [-0.1, -0.05) is 23.7 Å². The number of benzene rings is 1. The minimum atomic E-state index is -0.598. The number of carbonyl (C=O) groups excluding carboxylic acids is 3. The zero-order chi connectivity index (χ0) is 19.6. The molecule has 2 amide bonds. The molecule has 1 fully saturated rings. The summed E-state index contributed by atoms with van der Waals surface area (Å²) in [5.41, 5.74) is 0.997. The summed E-state index contributed by atoms with van der Waals surface area (Å²) in [5.74, 6) is -1.18. The molecule has 8 heteroatoms. The van der Waals surface area contributed by atoms with Crippen LogP contribution in [0.4, 0.5) is 5.00 Å². The van der Waals surface area contributed by atoms with Crippen LogP contribution >= 0.6 is 22.9 Å². The summed E-state index contributed by atoms with van der Waals surface area (Å²) in [5, 5.41) is 3.30. The first-order chi connectivity index (χ1) is 12.9. The van der Waals surface area contributed by atoms with Crippen LogP contribution in [-0.2, 0) is 4.74 Å². The maximum Gasteiger partial charge on any atom is 0.341 e. The van der Waals surface area contributed by atoms with Gasteiger partial charge in [-0.3, -0.25) is 9.59 Å². The number of halogens is 1. The van der Waals surface area contributed by atoms with Crippen molar-refractivity contribution in [2.75, 3.05) is 25.5 Å². The predicted octanol–water partition coefficient (Wildman–Crippen LogP) is 3.98. The Kier molecular flexibility index (Phi) is 5.82. The van der Waals surface area contributed by atoms with Gasteiger partial charge in [-0.2, -0.15) is 0 Å². The SMILES string of the molecule is COC(=O)c1c(NC(=O)c2ccccc2Cl)sc(C(=O)N2CCCC2)c1C. The van der Waals surface area contributed by atoms with Crippen molar-refractivity contribution >= 4 is 45.7 Å². The molecule has 0 aliphatic carbocycles. The number of hydrogen-bond donors (Lipinski definition) is 1. The number of nitrogens with zero attached hydrogens (tertiary/aromatic N) is 1. The van der Waals surface area contributed by atoms with E-state index in [1.165, 1.54) is 7.11 Å². The Morgan fingerprint density at radius 1 is 1.19 bits per heavy atom. The number of rotatable bonds is 4. The lowest BCUT2D eigenvalue weighted by molar-refractivity contribution is 0.0601. The number of methoxy groups -OCH3 is 1. The molecule has 6 nitrogen and oxygen atoms in total. The molecule has 1 N–H and O–H groups in total. The molecule has 3 rings (SSSR count). The van der Waals surface area contributed by atoms with Crippen LogP contribution in [0.15, 0.2) is 24.3 Å². The lowest BCUT2D eigenvalue weighted by atomic mass is 10.1. The van der Waals surface area contributed by atoms with Gasteiger partial charge in [-0.05, 0) is 37.5 Å². The molecule has 1 saturated heterocycles. The number of nitrogens with one attached hydrogen (secondary N) is 1. The van der Waals surface area contributed by atoms with Gasteiger partial charge in [0.25, 0.3) is 11.8 Å². The lowest BCUT2D eigenvalue weighted by Crippen LogP contribution is -2.27. The molecule has 1 aromatic carbocycles. The van der Waals surface area contributed by atoms with E-state index in [1.54, 1.807) is 36.1 Å². The Morgan fingerprint density at radius 2 is 1.85 bits per heavy atom. The molecule has 0 bridgehead atoms. The Hall–Kier alpha value is -2.38. The second-order valence-corrected chi connectivity index (χ2v) is 7.61. The number of anilines is 1. The van der Waals surface area contributed by atoms with Crippen molar-refractivity contribution in [1.82, 2.24) is 4.90 Å². The van der Waals surface area contributed by atoms with Gasteiger partial charge in [0.1, 0.15) is 5.00 Å². The van der Waals surface area contributed by atoms with Crippen molar-refractivity contribution in [2.24, 2.45) is 0 Å². The summed E-state index contributed by atoms with van der Waals surface area (Å²) in [7, 11) is 1.26. The predicted molar refractivity (Wildman–Crippen MR) is 105 cm³/mol. The van der Waals surface area contributed by atoms with Crippen molar-refractivity contribution in [3.05, 3.63) is 50.9 Å². The minimum absolute atomic E-state index is 0.126. The zero-order valence-electron chi connectivity index (χ0n) is 15.0. The van der Waals surface area contributed by atoms with Gasteiger partial charge in [0.2, 0.25) is 0 Å². The van der Waals surface area contributed by atoms with Crippen LogP contribution in [0.3, 0.4) is 0 Å². The van der Waals surface area contributed by atoms with Crippen molar-refractivity contribution in [3.63, 3.8) is 0 Å². The number of thiophene rings is 1. The van der Waals surface area contributed by atoms with Gasteiger partial charge >= 0.3 is 5.97 Å². The third-order valence-electron chi connectivity index (χ3n) is 4.47. The van der Waals surface area contributed by atoms with Gasteiger partial charge in [0.05, 0.1) is 28.1 Å². The monoisotopic (exact) mass is 406 g/mol. The molecule has 0 spiro atoms. The number of carbonyl (C=O) groups is 3. The summed E-state index contributed by atoms with van der Waals surface area (Å²) >= 11 is 7.16. The molecule has 27 heavy (non-hydrogen) atoms. The van der Waals surface area contributed by atoms with E-state index in [0.29, 0.717) is 28.6 Å². The van der Waals surface area contributed by atoms with Crippen LogP contribution in [0.5, 0.6) is 0 Å². The molecule has 1 aliphatic rings. The summed E-state index contributed by atoms with van der Waals surface area (Å²) in [6.07, 6.45) is 1.94. The summed E-state index contributed by atoms with van der Waals surface area (Å²) in [6, 6.07) is 6.62. The molecular formula is C19H19ClN2O4S. The normalized spacial score (nSPS) is 13.5. The van der Waals surface area contributed by atoms with Crippen LogP contribution in [0.1, 0.15) is 48.8 Å². The zero-order valence-corrected chi connectivity index (χ0v) is 16.6. The van der Waals surface area contributed by atoms with Crippen molar-refractivity contribution < 1.29 is 19.1 Å². The Labute approximate surface area is 166 Å². The fourth-order valence-electron chi connectivity index (χ4n) is 3.03. The third-order valence-corrected chi connectivity index (χ3v) is 5.99. The molecule has 1 aromatic heterocycles. The molecule has 1 aliphatic heterocycles. The van der Waals surface area contributed by atoms with E-state index in [2.05, 4.69) is 5.32 Å². The van der Waals surface area contributed by atoms with Gasteiger partial charge in [0, 0.05) is 13.1 Å². The van der Waals surface area contributed by atoms with E-state index in [-0.39, 0.29) is 22.0 Å². The first kappa shape index (κ1) is 19.4. The maximum atomic E-state index is 12.8. The minimum Gasteiger partial charge on any atom is -0.465 e. The van der Waals surface area contributed by atoms with Crippen molar-refractivity contribution in [2.45, 2.75) is 19.8 Å². The van der Waals surface area contributed by atoms with E-state index in [9.17, 15) is 14.4 Å². The van der Waals surface area contributed by atoms with Gasteiger partial charge in [-0.15, -0.1) is 11.3 Å². The highest BCUT2D eigenvalue weighted by atomic mass is 35.5. The van der Waals surface area contributed by atoms with Crippen molar-refractivity contribution in [1.29, 1.82) is 0 Å². The van der Waals surface area contributed by atoms with Crippen LogP contribution in [0, 0.1) is 6.92 Å². The standard InChI is InChI=1S/C19H19ClN2O4S/c1-11-14(19(25)26-2)17(21-16(23)12-7-3-4-8-13(12)20)27-15(11)18(24)22-9-5-6-10-22/h3-4,7-8H,5-6,9-10H2,1-2H3,(H,21,23). The average molecular weight is 407 g/mol. The quantitative estimate of drug-likeness (QED) is 0.779. The Morgan fingerprint density at radius 3 is 2.48 bits per heavy atom. The van der Waals surface area contributed by atoms with E-state index < -0.39 is 11.9 Å². The summed E-state index contributed by atoms with van der Waals surface area (Å²) in [4.78, 5) is 39.9. The van der Waals surface area contributed by atoms with Crippen LogP contribution in [0.25, 0.3) is 0 Å². The highest BCUT2D eigenvalue weighted by molar-refractivity contribution is 7.18. The van der Waals surface area contributed by atoms with E-state index in [1.807, 2.05) is 0 Å². The number of hydrogen-bond acceptors (Lipinski definition) is 5. The third kappa shape index (κ3) is 3.84. The van der Waals surface area contributed by atoms with Crippen molar-refractivity contribution in [3.8, 4) is 0 Å². The largest absolute Gasteiger partial charge is 0.465 e. The second-order valence-electron chi connectivity index (χ2n) is 6.19. The number of likely N-dealkylation sites (tertiary alicyclic amines) is 1. The highest BCUT2D eigenvalue weighted by Crippen LogP contribution is 2.35. The van der Waals surface area contributed by atoms with E-state index in [4.69, 9.17) is 16.3 Å². The molecule has 2 heterocycles. The smallest absolute Gasteiger partial charge is 0.341 e. The van der Waals surface area contributed by atoms with Crippen LogP contribution < -0.4 is 5.32 Å². The topological polar surface area (TPSA) is 75.7 Å². The van der Waals surface area contributed by atoms with Gasteiger partial charge < -0.3 is 15.0 Å². The molecule has 0 saturated carbocycles. The second kappa shape index (κ2) is 8.10. The maximum absolute atomic E-state index is 12.8. The average Bonchev–Trinajstić information content (AvgIpc) is 3.29. The number of ether oxygens (including phenoxy) is 1. The van der Waals surface area contributed by atoms with Crippen LogP contribution in [-0.4, -0.2) is 42.9 Å². The first-order valence-corrected chi connectivity index (χ1v) is 9.70. The molecular weight excluding hydrogens is 388 g/mol. The van der Waals surface area contributed by atoms with Gasteiger partial charge in [0.15, 0.2) is 0 Å². The summed E-state index contributed by atoms with van der Waals surface area (Å²) < 4.78 is 4.85. The van der Waals surface area contributed by atoms with Crippen LogP contribution in [0.2, 0.25) is 5.02 Å². The molecule has 0 radical (unpaired) electrons. The highest BCUT2D eigenvalue weighted by Gasteiger charge is 2.29. The lowest BCUT2D eigenvalue weighted by Gasteiger charge is -2.14. The number of esters is 1. The van der Waals surface area contributed by atoms with E-state index >= 15 is 0 Å². The fraction of sp³-hybridized carbons (Fsp3) is 0.316. The Balaban J connectivity index is 1.97.